The van der Waals surface area contributed by atoms with E-state index in [0.717, 1.165) is 6.26 Å². The Bertz CT molecular complexity index is 669. The number of non-ortho nitro benzene ring substituents is 1. The Morgan fingerprint density at radius 3 is 2.59 bits per heavy atom. The van der Waals surface area contributed by atoms with Gasteiger partial charge in [0.1, 0.15) is 0 Å². The molecule has 0 bridgehead atoms. The number of nitro groups is 1. The second kappa shape index (κ2) is 6.84. The molecule has 122 valence electrons. The minimum absolute atomic E-state index is 0.0635. The van der Waals surface area contributed by atoms with Gasteiger partial charge in [0.05, 0.1) is 23.2 Å². The molecule has 0 spiro atoms. The van der Waals surface area contributed by atoms with Gasteiger partial charge in [-0.25, -0.2) is 0 Å². The van der Waals surface area contributed by atoms with Crippen molar-refractivity contribution in [1.82, 2.24) is 5.32 Å². The van der Waals surface area contributed by atoms with Crippen molar-refractivity contribution in [3.05, 3.63) is 39.9 Å². The Balaban J connectivity index is 2.65. The molecule has 0 aliphatic rings. The minimum atomic E-state index is -3.63. The topological polar surface area (TPSA) is 116 Å². The smallest absolute Gasteiger partial charge is 0.269 e. The van der Waals surface area contributed by atoms with Gasteiger partial charge in [0.25, 0.3) is 15.8 Å². The fourth-order valence-corrected chi connectivity index (χ4v) is 2.03. The van der Waals surface area contributed by atoms with Gasteiger partial charge in [0, 0.05) is 18.7 Å². The highest BCUT2D eigenvalue weighted by Gasteiger charge is 2.29. The molecular weight excluding hydrogens is 312 g/mol. The molecule has 1 amide bonds. The number of hydrogen-bond acceptors (Lipinski definition) is 6. The molecule has 0 atom stereocenters. The zero-order valence-corrected chi connectivity index (χ0v) is 13.3. The van der Waals surface area contributed by atoms with Crippen LogP contribution in [-0.4, -0.2) is 32.1 Å². The highest BCUT2D eigenvalue weighted by atomic mass is 32.2. The fourth-order valence-electron chi connectivity index (χ4n) is 1.52. The predicted molar refractivity (Wildman–Crippen MR) is 79.5 cm³/mol. The Hall–Kier alpha value is -2.00. The minimum Gasteiger partial charge on any atom is -0.351 e. The van der Waals surface area contributed by atoms with E-state index in [9.17, 15) is 23.3 Å². The molecule has 1 rings (SSSR count). The Kier molecular flexibility index (Phi) is 5.61. The van der Waals surface area contributed by atoms with Crippen molar-refractivity contribution < 1.29 is 22.3 Å². The maximum absolute atomic E-state index is 12.1. The summed E-state index contributed by atoms with van der Waals surface area (Å²) in [5.74, 6) is -0.414. The summed E-state index contributed by atoms with van der Waals surface area (Å²) in [6.45, 7) is 2.90. The normalized spacial score (nSPS) is 12.0. The first-order valence-electron chi connectivity index (χ1n) is 6.37. The molecule has 0 aromatic heterocycles. The summed E-state index contributed by atoms with van der Waals surface area (Å²) in [7, 11) is -3.63. The van der Waals surface area contributed by atoms with Crippen LogP contribution in [0.4, 0.5) is 5.69 Å². The molecule has 8 nitrogen and oxygen atoms in total. The standard InChI is InChI=1S/C13H18N2O6S/c1-13(2,9-21-22(3,19)20)12(16)14-8-10-5-4-6-11(7-10)15(17)18/h4-7H,8-9H2,1-3H3,(H,14,16). The lowest BCUT2D eigenvalue weighted by atomic mass is 9.93. The van der Waals surface area contributed by atoms with Crippen molar-refractivity contribution >= 4 is 21.7 Å². The number of amides is 1. The second-order valence-electron chi connectivity index (χ2n) is 5.46. The van der Waals surface area contributed by atoms with Gasteiger partial charge in [-0.05, 0) is 19.4 Å². The SMILES string of the molecule is CC(C)(COS(C)(=O)=O)C(=O)NCc1cccc([N+](=O)[O-])c1. The summed E-state index contributed by atoms with van der Waals surface area (Å²) in [4.78, 5) is 22.2. The highest BCUT2D eigenvalue weighted by molar-refractivity contribution is 7.85. The number of benzene rings is 1. The Morgan fingerprint density at radius 1 is 1.41 bits per heavy atom. The van der Waals surface area contributed by atoms with Crippen LogP contribution in [0, 0.1) is 15.5 Å². The number of nitro benzene ring substituents is 1. The number of nitrogens with zero attached hydrogens (tertiary/aromatic N) is 1. The van der Waals surface area contributed by atoms with Crippen LogP contribution >= 0.6 is 0 Å². The van der Waals surface area contributed by atoms with Crippen molar-refractivity contribution in [3.63, 3.8) is 0 Å². The first-order valence-corrected chi connectivity index (χ1v) is 8.19. The Morgan fingerprint density at radius 2 is 2.05 bits per heavy atom. The van der Waals surface area contributed by atoms with Gasteiger partial charge in [0.15, 0.2) is 0 Å². The van der Waals surface area contributed by atoms with Gasteiger partial charge in [-0.1, -0.05) is 12.1 Å². The summed E-state index contributed by atoms with van der Waals surface area (Å²) in [5.41, 5.74) is -0.544. The van der Waals surface area contributed by atoms with E-state index in [1.165, 1.54) is 18.2 Å². The molecule has 9 heteroatoms. The van der Waals surface area contributed by atoms with E-state index in [1.54, 1.807) is 19.9 Å². The summed E-state index contributed by atoms with van der Waals surface area (Å²) < 4.78 is 26.6. The third kappa shape index (κ3) is 5.78. The molecule has 1 N–H and O–H groups in total. The quantitative estimate of drug-likeness (QED) is 0.456. The molecule has 0 saturated heterocycles. The van der Waals surface area contributed by atoms with Gasteiger partial charge < -0.3 is 5.32 Å². The fraction of sp³-hybridized carbons (Fsp3) is 0.462. The van der Waals surface area contributed by atoms with E-state index in [1.807, 2.05) is 0 Å². The summed E-state index contributed by atoms with van der Waals surface area (Å²) in [5, 5.41) is 13.3. The zero-order chi connectivity index (χ0) is 17.0. The number of carbonyl (C=O) groups excluding carboxylic acids is 1. The van der Waals surface area contributed by atoms with Crippen LogP contribution in [0.5, 0.6) is 0 Å². The van der Waals surface area contributed by atoms with Gasteiger partial charge >= 0.3 is 0 Å². The molecule has 22 heavy (non-hydrogen) atoms. The molecular formula is C13H18N2O6S. The van der Waals surface area contributed by atoms with Crippen molar-refractivity contribution in [3.8, 4) is 0 Å². The van der Waals surface area contributed by atoms with Crippen LogP contribution in [-0.2, 0) is 25.6 Å². The zero-order valence-electron chi connectivity index (χ0n) is 12.5. The molecule has 1 aromatic rings. The molecule has 0 fully saturated rings. The molecule has 0 saturated carbocycles. The van der Waals surface area contributed by atoms with Crippen molar-refractivity contribution in [2.24, 2.45) is 5.41 Å². The molecule has 0 heterocycles. The van der Waals surface area contributed by atoms with Gasteiger partial charge in [0.2, 0.25) is 5.91 Å². The van der Waals surface area contributed by atoms with Crippen LogP contribution in [0.3, 0.4) is 0 Å². The third-order valence-electron chi connectivity index (χ3n) is 2.82. The van der Waals surface area contributed by atoms with Crippen LogP contribution in [0.1, 0.15) is 19.4 Å². The van der Waals surface area contributed by atoms with Gasteiger partial charge in [-0.2, -0.15) is 8.42 Å². The highest BCUT2D eigenvalue weighted by Crippen LogP contribution is 2.18. The average molecular weight is 330 g/mol. The number of rotatable bonds is 7. The maximum atomic E-state index is 12.1. The molecule has 0 aliphatic heterocycles. The lowest BCUT2D eigenvalue weighted by Gasteiger charge is -2.22. The van der Waals surface area contributed by atoms with E-state index in [4.69, 9.17) is 0 Å². The van der Waals surface area contributed by atoms with Crippen molar-refractivity contribution in [2.75, 3.05) is 12.9 Å². The largest absolute Gasteiger partial charge is 0.351 e. The molecule has 1 aromatic carbocycles. The number of nitrogens with one attached hydrogen (secondary N) is 1. The predicted octanol–water partition coefficient (Wildman–Crippen LogP) is 1.21. The van der Waals surface area contributed by atoms with Crippen LogP contribution in [0.15, 0.2) is 24.3 Å². The van der Waals surface area contributed by atoms with Crippen molar-refractivity contribution in [1.29, 1.82) is 0 Å². The number of hydrogen-bond donors (Lipinski definition) is 1. The van der Waals surface area contributed by atoms with Crippen molar-refractivity contribution in [2.45, 2.75) is 20.4 Å². The van der Waals surface area contributed by atoms with Gasteiger partial charge in [-0.3, -0.25) is 19.1 Å². The van der Waals surface area contributed by atoms with Crippen LogP contribution < -0.4 is 5.32 Å². The van der Waals surface area contributed by atoms with Crippen LogP contribution in [0.25, 0.3) is 0 Å². The molecule has 0 aliphatic carbocycles. The summed E-state index contributed by atoms with van der Waals surface area (Å²) in [6.07, 6.45) is 0.907. The van der Waals surface area contributed by atoms with Gasteiger partial charge in [-0.15, -0.1) is 0 Å². The monoisotopic (exact) mass is 330 g/mol. The van der Waals surface area contributed by atoms with E-state index < -0.39 is 26.4 Å². The maximum Gasteiger partial charge on any atom is 0.269 e. The van der Waals surface area contributed by atoms with E-state index in [0.29, 0.717) is 5.56 Å². The third-order valence-corrected chi connectivity index (χ3v) is 3.37. The van der Waals surface area contributed by atoms with E-state index in [-0.39, 0.29) is 18.8 Å². The first kappa shape index (κ1) is 18.1. The van der Waals surface area contributed by atoms with E-state index in [2.05, 4.69) is 9.50 Å². The number of carbonyl (C=O) groups is 1. The van der Waals surface area contributed by atoms with Crippen LogP contribution in [0.2, 0.25) is 0 Å². The first-order chi connectivity index (χ1) is 10.0. The second-order valence-corrected chi connectivity index (χ2v) is 7.10. The Labute approximate surface area is 128 Å². The summed E-state index contributed by atoms with van der Waals surface area (Å²) >= 11 is 0. The average Bonchev–Trinajstić information content (AvgIpc) is 2.42. The molecule has 0 unspecified atom stereocenters. The lowest BCUT2D eigenvalue weighted by molar-refractivity contribution is -0.384. The summed E-state index contributed by atoms with van der Waals surface area (Å²) in [6, 6.07) is 5.89. The molecule has 0 radical (unpaired) electrons. The van der Waals surface area contributed by atoms with E-state index >= 15 is 0 Å². The lowest BCUT2D eigenvalue weighted by Crippen LogP contribution is -2.40.